The normalized spacial score (nSPS) is 16.9. The van der Waals surface area contributed by atoms with Gasteiger partial charge in [-0.3, -0.25) is 9.69 Å². The molecule has 1 heterocycles. The van der Waals surface area contributed by atoms with Crippen molar-refractivity contribution in [2.24, 2.45) is 0 Å². The number of anilines is 1. The van der Waals surface area contributed by atoms with Crippen molar-refractivity contribution < 1.29 is 4.79 Å². The lowest BCUT2D eigenvalue weighted by Crippen LogP contribution is -2.53. The summed E-state index contributed by atoms with van der Waals surface area (Å²) in [5, 5.41) is 3.03. The number of hydrogen-bond acceptors (Lipinski definition) is 3. The number of nitrogens with two attached hydrogens (primary N) is 1. The first-order chi connectivity index (χ1) is 9.49. The molecule has 0 saturated carbocycles. The Morgan fingerprint density at radius 1 is 1.20 bits per heavy atom. The molecule has 4 nitrogen and oxygen atoms in total. The molecule has 0 spiro atoms. The van der Waals surface area contributed by atoms with Crippen molar-refractivity contribution in [1.29, 1.82) is 0 Å². The van der Waals surface area contributed by atoms with E-state index in [0.29, 0.717) is 17.8 Å². The zero-order valence-electron chi connectivity index (χ0n) is 12.5. The highest BCUT2D eigenvalue weighted by Crippen LogP contribution is 2.20. The van der Waals surface area contributed by atoms with Crippen LogP contribution in [0.4, 0.5) is 5.69 Å². The number of piperidine rings is 1. The van der Waals surface area contributed by atoms with Crippen molar-refractivity contribution in [3.8, 4) is 0 Å². The van der Waals surface area contributed by atoms with Crippen LogP contribution in [0, 0.1) is 0 Å². The monoisotopic (exact) mass is 275 g/mol. The smallest absolute Gasteiger partial charge is 0.251 e. The average Bonchev–Trinajstić information content (AvgIpc) is 2.46. The zero-order chi connectivity index (χ0) is 14.6. The zero-order valence-corrected chi connectivity index (χ0v) is 12.5. The van der Waals surface area contributed by atoms with Crippen molar-refractivity contribution in [1.82, 2.24) is 10.2 Å². The van der Waals surface area contributed by atoms with Gasteiger partial charge >= 0.3 is 0 Å². The fourth-order valence-electron chi connectivity index (χ4n) is 2.64. The van der Waals surface area contributed by atoms with Crippen LogP contribution in [-0.4, -0.2) is 36.0 Å². The third kappa shape index (κ3) is 3.73. The van der Waals surface area contributed by atoms with E-state index in [0.717, 1.165) is 13.1 Å². The summed E-state index contributed by atoms with van der Waals surface area (Å²) < 4.78 is 0. The molecule has 1 aliphatic rings. The lowest BCUT2D eigenvalue weighted by molar-refractivity contribution is 0.0797. The molecule has 0 bridgehead atoms. The van der Waals surface area contributed by atoms with Gasteiger partial charge in [0.25, 0.3) is 5.91 Å². The van der Waals surface area contributed by atoms with Gasteiger partial charge in [0.1, 0.15) is 0 Å². The summed E-state index contributed by atoms with van der Waals surface area (Å²) in [4.78, 5) is 14.6. The van der Waals surface area contributed by atoms with Crippen molar-refractivity contribution in [3.63, 3.8) is 0 Å². The lowest BCUT2D eigenvalue weighted by Gasteiger charge is -2.41. The molecule has 1 aromatic carbocycles. The van der Waals surface area contributed by atoms with Crippen LogP contribution < -0.4 is 11.1 Å². The largest absolute Gasteiger partial charge is 0.399 e. The Balaban J connectivity index is 1.90. The number of benzene rings is 1. The Labute approximate surface area is 121 Å². The van der Waals surface area contributed by atoms with Crippen LogP contribution in [0.15, 0.2) is 24.3 Å². The van der Waals surface area contributed by atoms with Crippen LogP contribution in [-0.2, 0) is 0 Å². The van der Waals surface area contributed by atoms with Crippen LogP contribution >= 0.6 is 0 Å². The Morgan fingerprint density at radius 3 is 2.40 bits per heavy atom. The molecular weight excluding hydrogens is 250 g/mol. The molecule has 4 heteroatoms. The van der Waals surface area contributed by atoms with E-state index < -0.39 is 0 Å². The van der Waals surface area contributed by atoms with E-state index in [1.165, 1.54) is 19.3 Å². The quantitative estimate of drug-likeness (QED) is 0.829. The minimum atomic E-state index is -0.0323. The first-order valence-corrected chi connectivity index (χ1v) is 7.38. The van der Waals surface area contributed by atoms with E-state index in [1.807, 2.05) is 0 Å². The summed E-state index contributed by atoms with van der Waals surface area (Å²) in [5.41, 5.74) is 6.97. The number of hydrogen-bond donors (Lipinski definition) is 2. The van der Waals surface area contributed by atoms with Crippen LogP contribution in [0.5, 0.6) is 0 Å². The third-order valence-corrected chi connectivity index (χ3v) is 4.07. The topological polar surface area (TPSA) is 58.4 Å². The summed E-state index contributed by atoms with van der Waals surface area (Å²) in [5.74, 6) is -0.0323. The molecule has 0 atom stereocenters. The molecule has 0 unspecified atom stereocenters. The molecule has 2 rings (SSSR count). The Kier molecular flexibility index (Phi) is 4.65. The van der Waals surface area contributed by atoms with E-state index in [9.17, 15) is 4.79 Å². The highest BCUT2D eigenvalue weighted by atomic mass is 16.1. The second-order valence-electron chi connectivity index (χ2n) is 6.16. The highest BCUT2D eigenvalue weighted by molar-refractivity contribution is 5.94. The number of nitrogens with one attached hydrogen (secondary N) is 1. The summed E-state index contributed by atoms with van der Waals surface area (Å²) in [6, 6.07) is 7.03. The van der Waals surface area contributed by atoms with Gasteiger partial charge in [-0.25, -0.2) is 0 Å². The van der Waals surface area contributed by atoms with E-state index >= 15 is 0 Å². The molecular formula is C16H25N3O. The standard InChI is InChI=1S/C16H25N3O/c1-16(2,19-10-4-3-5-11-19)12-18-15(20)13-6-8-14(17)9-7-13/h6-9H,3-5,10-12,17H2,1-2H3,(H,18,20). The minimum Gasteiger partial charge on any atom is -0.399 e. The fourth-order valence-corrected chi connectivity index (χ4v) is 2.64. The number of nitrogens with zero attached hydrogens (tertiary/aromatic N) is 1. The SMILES string of the molecule is CC(C)(CNC(=O)c1ccc(N)cc1)N1CCCCC1. The van der Waals surface area contributed by atoms with Gasteiger partial charge in [0, 0.05) is 23.3 Å². The maximum atomic E-state index is 12.1. The van der Waals surface area contributed by atoms with Crippen LogP contribution in [0.3, 0.4) is 0 Å². The van der Waals surface area contributed by atoms with Crippen molar-refractivity contribution >= 4 is 11.6 Å². The number of carbonyl (C=O) groups excluding carboxylic acids is 1. The maximum absolute atomic E-state index is 12.1. The minimum absolute atomic E-state index is 0.00386. The second-order valence-corrected chi connectivity index (χ2v) is 6.16. The molecule has 3 N–H and O–H groups in total. The molecule has 1 fully saturated rings. The second kappa shape index (κ2) is 6.27. The first kappa shape index (κ1) is 14.9. The molecule has 0 radical (unpaired) electrons. The summed E-state index contributed by atoms with van der Waals surface area (Å²) in [7, 11) is 0. The van der Waals surface area contributed by atoms with Gasteiger partial charge in [0.05, 0.1) is 0 Å². The van der Waals surface area contributed by atoms with Gasteiger partial charge in [-0.05, 0) is 64.0 Å². The predicted molar refractivity (Wildman–Crippen MR) is 82.7 cm³/mol. The summed E-state index contributed by atoms with van der Waals surface area (Å²) in [6.45, 7) is 7.31. The highest BCUT2D eigenvalue weighted by Gasteiger charge is 2.28. The summed E-state index contributed by atoms with van der Waals surface area (Å²) in [6.07, 6.45) is 3.84. The predicted octanol–water partition coefficient (Wildman–Crippen LogP) is 2.26. The van der Waals surface area contributed by atoms with Crippen LogP contribution in [0.1, 0.15) is 43.5 Å². The number of nitrogen functional groups attached to an aromatic ring is 1. The number of carbonyl (C=O) groups is 1. The molecule has 1 amide bonds. The van der Waals surface area contributed by atoms with Gasteiger partial charge in [-0.2, -0.15) is 0 Å². The van der Waals surface area contributed by atoms with E-state index in [2.05, 4.69) is 24.1 Å². The van der Waals surface area contributed by atoms with Crippen molar-refractivity contribution in [2.75, 3.05) is 25.4 Å². The molecule has 0 aromatic heterocycles. The van der Waals surface area contributed by atoms with Crippen molar-refractivity contribution in [3.05, 3.63) is 29.8 Å². The third-order valence-electron chi connectivity index (χ3n) is 4.07. The number of amides is 1. The van der Waals surface area contributed by atoms with Gasteiger partial charge < -0.3 is 11.1 Å². The fraction of sp³-hybridized carbons (Fsp3) is 0.562. The molecule has 1 aromatic rings. The van der Waals surface area contributed by atoms with Crippen LogP contribution in [0.25, 0.3) is 0 Å². The molecule has 20 heavy (non-hydrogen) atoms. The molecule has 1 saturated heterocycles. The van der Waals surface area contributed by atoms with Gasteiger partial charge in [0.15, 0.2) is 0 Å². The van der Waals surface area contributed by atoms with E-state index in [1.54, 1.807) is 24.3 Å². The number of rotatable bonds is 4. The lowest BCUT2D eigenvalue weighted by atomic mass is 9.98. The van der Waals surface area contributed by atoms with Gasteiger partial charge in [0.2, 0.25) is 0 Å². The Hall–Kier alpha value is -1.55. The first-order valence-electron chi connectivity index (χ1n) is 7.38. The molecule has 110 valence electrons. The molecule has 0 aliphatic carbocycles. The van der Waals surface area contributed by atoms with E-state index in [4.69, 9.17) is 5.73 Å². The van der Waals surface area contributed by atoms with Gasteiger partial charge in [-0.1, -0.05) is 6.42 Å². The van der Waals surface area contributed by atoms with Gasteiger partial charge in [-0.15, -0.1) is 0 Å². The number of likely N-dealkylation sites (tertiary alicyclic amines) is 1. The Morgan fingerprint density at radius 2 is 1.80 bits per heavy atom. The summed E-state index contributed by atoms with van der Waals surface area (Å²) >= 11 is 0. The van der Waals surface area contributed by atoms with Crippen LogP contribution in [0.2, 0.25) is 0 Å². The van der Waals surface area contributed by atoms with Crippen molar-refractivity contribution in [2.45, 2.75) is 38.6 Å². The molecule has 1 aliphatic heterocycles. The maximum Gasteiger partial charge on any atom is 0.251 e. The van der Waals surface area contributed by atoms with E-state index in [-0.39, 0.29) is 11.4 Å². The average molecular weight is 275 g/mol. The Bertz CT molecular complexity index is 447.